The summed E-state index contributed by atoms with van der Waals surface area (Å²) in [6, 6.07) is 8.97. The molecular formula is C19H21ClN2O3S. The van der Waals surface area contributed by atoms with Crippen LogP contribution in [0.15, 0.2) is 30.3 Å². The van der Waals surface area contributed by atoms with Gasteiger partial charge >= 0.3 is 0 Å². The van der Waals surface area contributed by atoms with Crippen molar-refractivity contribution in [2.45, 2.75) is 19.8 Å². The lowest BCUT2D eigenvalue weighted by Crippen LogP contribution is -2.30. The minimum atomic E-state index is -0.0703. The summed E-state index contributed by atoms with van der Waals surface area (Å²) in [4.78, 5) is 26.8. The molecule has 1 aliphatic rings. The van der Waals surface area contributed by atoms with Gasteiger partial charge in [0.2, 0.25) is 5.91 Å². The molecule has 0 saturated heterocycles. The molecule has 1 aromatic heterocycles. The quantitative estimate of drug-likeness (QED) is 0.767. The highest BCUT2D eigenvalue weighted by molar-refractivity contribution is 7.18. The minimum absolute atomic E-state index is 0.0509. The first-order valence-electron chi connectivity index (χ1n) is 8.49. The van der Waals surface area contributed by atoms with Gasteiger partial charge in [0.05, 0.1) is 16.4 Å². The Morgan fingerprint density at radius 1 is 1.31 bits per heavy atom. The first-order valence-corrected chi connectivity index (χ1v) is 9.68. The molecule has 2 aromatic rings. The third-order valence-electron chi connectivity index (χ3n) is 4.16. The predicted octanol–water partition coefficient (Wildman–Crippen LogP) is 4.21. The van der Waals surface area contributed by atoms with Gasteiger partial charge in [0.1, 0.15) is 12.4 Å². The number of likely N-dealkylation sites (N-methyl/N-ethyl adjacent to an activating group) is 1. The van der Waals surface area contributed by atoms with E-state index in [1.54, 1.807) is 36.2 Å². The number of halogens is 1. The van der Waals surface area contributed by atoms with Crippen LogP contribution in [0.4, 0.5) is 5.00 Å². The number of nitrogens with zero attached hydrogens (tertiary/aromatic N) is 1. The highest BCUT2D eigenvalue weighted by Crippen LogP contribution is 2.33. The van der Waals surface area contributed by atoms with E-state index in [9.17, 15) is 9.59 Å². The lowest BCUT2D eigenvalue weighted by molar-refractivity contribution is -0.117. The largest absolute Gasteiger partial charge is 0.492 e. The van der Waals surface area contributed by atoms with E-state index in [1.807, 2.05) is 13.0 Å². The number of amides is 2. The Morgan fingerprint density at radius 3 is 2.65 bits per heavy atom. The zero-order valence-electron chi connectivity index (χ0n) is 14.8. The molecule has 0 atom stereocenters. The maximum absolute atomic E-state index is 12.6. The molecule has 1 saturated carbocycles. The Balaban J connectivity index is 1.53. The molecular weight excluding hydrogens is 372 g/mol. The maximum Gasteiger partial charge on any atom is 0.264 e. The number of nitrogens with one attached hydrogen (secondary N) is 1. The van der Waals surface area contributed by atoms with Gasteiger partial charge in [-0.3, -0.25) is 9.59 Å². The predicted molar refractivity (Wildman–Crippen MR) is 104 cm³/mol. The molecule has 0 bridgehead atoms. The van der Waals surface area contributed by atoms with E-state index in [2.05, 4.69) is 5.32 Å². The van der Waals surface area contributed by atoms with Crippen molar-refractivity contribution >= 4 is 39.8 Å². The van der Waals surface area contributed by atoms with Crippen molar-refractivity contribution in [3.05, 3.63) is 45.8 Å². The number of thiophene rings is 1. The number of hydrogen-bond acceptors (Lipinski definition) is 4. The van der Waals surface area contributed by atoms with Crippen molar-refractivity contribution in [3.63, 3.8) is 0 Å². The molecule has 0 spiro atoms. The summed E-state index contributed by atoms with van der Waals surface area (Å²) in [5.74, 6) is 0.839. The lowest BCUT2D eigenvalue weighted by Gasteiger charge is -2.17. The summed E-state index contributed by atoms with van der Waals surface area (Å²) in [7, 11) is 1.75. The van der Waals surface area contributed by atoms with E-state index >= 15 is 0 Å². The third kappa shape index (κ3) is 4.77. The van der Waals surface area contributed by atoms with Gasteiger partial charge in [-0.15, -0.1) is 11.3 Å². The van der Waals surface area contributed by atoms with Crippen molar-refractivity contribution in [1.82, 2.24) is 4.90 Å². The second-order valence-corrected chi connectivity index (χ2v) is 7.90. The van der Waals surface area contributed by atoms with Crippen LogP contribution in [0.5, 0.6) is 5.75 Å². The van der Waals surface area contributed by atoms with E-state index in [-0.39, 0.29) is 17.7 Å². The van der Waals surface area contributed by atoms with Gasteiger partial charge in [-0.05, 0) is 55.7 Å². The van der Waals surface area contributed by atoms with Crippen LogP contribution >= 0.6 is 22.9 Å². The van der Waals surface area contributed by atoms with Crippen LogP contribution in [0, 0.1) is 12.8 Å². The van der Waals surface area contributed by atoms with E-state index in [4.69, 9.17) is 16.3 Å². The Labute approximate surface area is 161 Å². The summed E-state index contributed by atoms with van der Waals surface area (Å²) in [5.41, 5.74) is 0.872. The Bertz CT molecular complexity index is 800. The van der Waals surface area contributed by atoms with Crippen LogP contribution in [-0.4, -0.2) is 36.9 Å². The van der Waals surface area contributed by atoms with Gasteiger partial charge in [0, 0.05) is 18.0 Å². The molecule has 26 heavy (non-hydrogen) atoms. The molecule has 0 radical (unpaired) electrons. The maximum atomic E-state index is 12.6. The third-order valence-corrected chi connectivity index (χ3v) is 5.55. The van der Waals surface area contributed by atoms with Gasteiger partial charge in [-0.25, -0.2) is 0 Å². The topological polar surface area (TPSA) is 58.6 Å². The number of aryl methyl sites for hydroxylation is 1. The average Bonchev–Trinajstić information content (AvgIpc) is 3.40. The summed E-state index contributed by atoms with van der Waals surface area (Å²) >= 11 is 7.16. The molecule has 5 nitrogen and oxygen atoms in total. The fourth-order valence-electron chi connectivity index (χ4n) is 2.43. The molecule has 1 aromatic carbocycles. The summed E-state index contributed by atoms with van der Waals surface area (Å²) in [6.07, 6.45) is 1.91. The van der Waals surface area contributed by atoms with Crippen LogP contribution in [0.25, 0.3) is 0 Å². The molecule has 1 N–H and O–H groups in total. The monoisotopic (exact) mass is 392 g/mol. The molecule has 7 heteroatoms. The number of ether oxygens (including phenoxy) is 1. The van der Waals surface area contributed by atoms with E-state index in [0.717, 1.165) is 23.4 Å². The molecule has 2 amide bonds. The first kappa shape index (κ1) is 18.7. The van der Waals surface area contributed by atoms with Gasteiger partial charge in [-0.2, -0.15) is 0 Å². The zero-order valence-corrected chi connectivity index (χ0v) is 16.3. The van der Waals surface area contributed by atoms with Crippen molar-refractivity contribution in [2.75, 3.05) is 25.5 Å². The first-order chi connectivity index (χ1) is 12.4. The number of anilines is 1. The second-order valence-electron chi connectivity index (χ2n) is 6.42. The second kappa shape index (κ2) is 8.10. The van der Waals surface area contributed by atoms with Crippen LogP contribution in [0.3, 0.4) is 0 Å². The van der Waals surface area contributed by atoms with Gasteiger partial charge in [0.15, 0.2) is 0 Å². The van der Waals surface area contributed by atoms with Crippen molar-refractivity contribution < 1.29 is 14.3 Å². The number of carbonyl (C=O) groups excluding carboxylic acids is 2. The van der Waals surface area contributed by atoms with Crippen molar-refractivity contribution in [3.8, 4) is 5.75 Å². The Hall–Kier alpha value is -2.05. The molecule has 1 fully saturated rings. The molecule has 1 heterocycles. The van der Waals surface area contributed by atoms with E-state index in [1.165, 1.54) is 11.3 Å². The van der Waals surface area contributed by atoms with Crippen LogP contribution in [0.1, 0.15) is 28.1 Å². The number of hydrogen-bond donors (Lipinski definition) is 1. The Morgan fingerprint density at radius 2 is 2.00 bits per heavy atom. The Kier molecular flexibility index (Phi) is 5.84. The van der Waals surface area contributed by atoms with Gasteiger partial charge in [0.25, 0.3) is 5.91 Å². The molecule has 0 unspecified atom stereocenters. The van der Waals surface area contributed by atoms with Gasteiger partial charge < -0.3 is 15.0 Å². The highest BCUT2D eigenvalue weighted by atomic mass is 35.5. The SMILES string of the molecule is Cc1cc(NC(=O)C2CC2)sc1C(=O)N(C)CCOc1ccc(Cl)cc1. The molecule has 0 aliphatic heterocycles. The van der Waals surface area contributed by atoms with E-state index < -0.39 is 0 Å². The average molecular weight is 393 g/mol. The normalized spacial score (nSPS) is 13.3. The molecule has 138 valence electrons. The van der Waals surface area contributed by atoms with Crippen LogP contribution in [-0.2, 0) is 4.79 Å². The summed E-state index contributed by atoms with van der Waals surface area (Å²) < 4.78 is 5.63. The molecule has 1 aliphatic carbocycles. The van der Waals surface area contributed by atoms with Crippen LogP contribution in [0.2, 0.25) is 5.02 Å². The highest BCUT2D eigenvalue weighted by Gasteiger charge is 2.30. The van der Waals surface area contributed by atoms with E-state index in [0.29, 0.717) is 28.8 Å². The fourth-order valence-corrected chi connectivity index (χ4v) is 3.63. The zero-order chi connectivity index (χ0) is 18.7. The minimum Gasteiger partial charge on any atom is -0.492 e. The van der Waals surface area contributed by atoms with Gasteiger partial charge in [-0.1, -0.05) is 11.6 Å². The standard InChI is InChI=1S/C19H21ClN2O3S/c1-12-11-16(21-18(23)13-3-4-13)26-17(12)19(24)22(2)9-10-25-15-7-5-14(20)6-8-15/h5-8,11,13H,3-4,9-10H2,1-2H3,(H,21,23). The summed E-state index contributed by atoms with van der Waals surface area (Å²) in [6.45, 7) is 2.73. The fraction of sp³-hybridized carbons (Fsp3) is 0.368. The smallest absolute Gasteiger partial charge is 0.264 e. The molecule has 3 rings (SSSR count). The lowest BCUT2D eigenvalue weighted by atomic mass is 10.2. The van der Waals surface area contributed by atoms with Crippen molar-refractivity contribution in [1.29, 1.82) is 0 Å². The van der Waals surface area contributed by atoms with Crippen LogP contribution < -0.4 is 10.1 Å². The number of rotatable bonds is 7. The van der Waals surface area contributed by atoms with Crippen molar-refractivity contribution in [2.24, 2.45) is 5.92 Å². The number of benzene rings is 1. The number of carbonyl (C=O) groups is 2. The summed E-state index contributed by atoms with van der Waals surface area (Å²) in [5, 5.41) is 4.29.